The molecular weight excluding hydrogens is 198 g/mol. The predicted octanol–water partition coefficient (Wildman–Crippen LogP) is 2.82. The Morgan fingerprint density at radius 2 is 2.00 bits per heavy atom. The average Bonchev–Trinajstić information content (AvgIpc) is 2.33. The van der Waals surface area contributed by atoms with Gasteiger partial charge in [0.1, 0.15) is 0 Å². The van der Waals surface area contributed by atoms with Crippen LogP contribution in [0.4, 0.5) is 0 Å². The maximum absolute atomic E-state index is 11.9. The highest BCUT2D eigenvalue weighted by molar-refractivity contribution is 5.97. The lowest BCUT2D eigenvalue weighted by Gasteiger charge is -2.04. The summed E-state index contributed by atoms with van der Waals surface area (Å²) in [5, 5.41) is 0. The van der Waals surface area contributed by atoms with Crippen molar-refractivity contribution in [2.24, 2.45) is 0 Å². The molecule has 1 heterocycles. The van der Waals surface area contributed by atoms with E-state index in [2.05, 4.69) is 4.98 Å². The summed E-state index contributed by atoms with van der Waals surface area (Å²) >= 11 is 0. The Morgan fingerprint density at radius 3 is 2.69 bits per heavy atom. The van der Waals surface area contributed by atoms with Crippen LogP contribution in [0.25, 0.3) is 0 Å². The van der Waals surface area contributed by atoms with Crippen molar-refractivity contribution in [3.63, 3.8) is 0 Å². The fraction of sp³-hybridized carbons (Fsp3) is 0.143. The maximum atomic E-state index is 11.9. The zero-order valence-corrected chi connectivity index (χ0v) is 9.18. The molecule has 0 fully saturated rings. The molecule has 1 aromatic carbocycles. The first-order valence-electron chi connectivity index (χ1n) is 5.25. The third-order valence-corrected chi connectivity index (χ3v) is 2.60. The van der Waals surface area contributed by atoms with Gasteiger partial charge in [-0.25, -0.2) is 0 Å². The second-order valence-corrected chi connectivity index (χ2v) is 3.77. The van der Waals surface area contributed by atoms with E-state index in [0.29, 0.717) is 12.0 Å². The zero-order chi connectivity index (χ0) is 11.4. The van der Waals surface area contributed by atoms with Gasteiger partial charge < -0.3 is 0 Å². The molecule has 16 heavy (non-hydrogen) atoms. The zero-order valence-electron chi connectivity index (χ0n) is 9.18. The van der Waals surface area contributed by atoms with E-state index in [1.54, 1.807) is 24.5 Å². The molecule has 1 aromatic heterocycles. The molecule has 2 heteroatoms. The van der Waals surface area contributed by atoms with E-state index in [1.165, 1.54) is 0 Å². The van der Waals surface area contributed by atoms with Crippen LogP contribution in [0.15, 0.2) is 48.8 Å². The topological polar surface area (TPSA) is 30.0 Å². The average molecular weight is 211 g/mol. The Morgan fingerprint density at radius 1 is 1.19 bits per heavy atom. The van der Waals surface area contributed by atoms with Crippen molar-refractivity contribution in [2.75, 3.05) is 0 Å². The van der Waals surface area contributed by atoms with Crippen LogP contribution >= 0.6 is 0 Å². The molecule has 0 spiro atoms. The normalized spacial score (nSPS) is 10.1. The molecule has 0 aliphatic heterocycles. The number of hydrogen-bond acceptors (Lipinski definition) is 2. The Kier molecular flexibility index (Phi) is 3.10. The first-order chi connectivity index (χ1) is 7.77. The first-order valence-corrected chi connectivity index (χ1v) is 5.25. The summed E-state index contributed by atoms with van der Waals surface area (Å²) in [6.45, 7) is 2.02. The van der Waals surface area contributed by atoms with Crippen molar-refractivity contribution in [3.8, 4) is 0 Å². The number of rotatable bonds is 3. The molecule has 2 rings (SSSR count). The van der Waals surface area contributed by atoms with Gasteiger partial charge >= 0.3 is 0 Å². The highest BCUT2D eigenvalue weighted by Gasteiger charge is 2.07. The van der Waals surface area contributed by atoms with Crippen molar-refractivity contribution in [1.82, 2.24) is 4.98 Å². The first kappa shape index (κ1) is 10.6. The van der Waals surface area contributed by atoms with Crippen molar-refractivity contribution in [3.05, 3.63) is 65.5 Å². The Labute approximate surface area is 95.0 Å². The number of carbonyl (C=O) groups excluding carboxylic acids is 1. The summed E-state index contributed by atoms with van der Waals surface area (Å²) < 4.78 is 0. The number of hydrogen-bond donors (Lipinski definition) is 0. The third-order valence-electron chi connectivity index (χ3n) is 2.60. The van der Waals surface area contributed by atoms with E-state index < -0.39 is 0 Å². The largest absolute Gasteiger partial charge is 0.294 e. The fourth-order valence-electron chi connectivity index (χ4n) is 1.61. The van der Waals surface area contributed by atoms with Crippen molar-refractivity contribution >= 4 is 5.78 Å². The second-order valence-electron chi connectivity index (χ2n) is 3.77. The van der Waals surface area contributed by atoms with Gasteiger partial charge in [0.2, 0.25) is 0 Å². The lowest BCUT2D eigenvalue weighted by atomic mass is 10.0. The Balaban J connectivity index is 2.18. The summed E-state index contributed by atoms with van der Waals surface area (Å²) in [5.74, 6) is 0.113. The molecule has 0 bridgehead atoms. The number of Topliss-reactive ketones (excluding diaryl/α,β-unsaturated/α-hetero) is 1. The van der Waals surface area contributed by atoms with Gasteiger partial charge in [0.25, 0.3) is 0 Å². The molecule has 0 saturated heterocycles. The molecule has 0 unspecified atom stereocenters. The number of carbonyl (C=O) groups is 1. The predicted molar refractivity (Wildman–Crippen MR) is 63.5 cm³/mol. The van der Waals surface area contributed by atoms with Crippen LogP contribution in [0.1, 0.15) is 21.5 Å². The molecule has 2 nitrogen and oxygen atoms in total. The molecule has 0 radical (unpaired) electrons. The van der Waals surface area contributed by atoms with E-state index in [-0.39, 0.29) is 5.78 Å². The van der Waals surface area contributed by atoms with E-state index in [9.17, 15) is 4.79 Å². The van der Waals surface area contributed by atoms with Crippen molar-refractivity contribution in [1.29, 1.82) is 0 Å². The van der Waals surface area contributed by atoms with Crippen LogP contribution in [0.3, 0.4) is 0 Å². The van der Waals surface area contributed by atoms with E-state index in [1.807, 2.05) is 31.2 Å². The SMILES string of the molecule is Cc1ccccc1CC(=O)c1cccnc1. The van der Waals surface area contributed by atoms with Gasteiger partial charge in [-0.1, -0.05) is 24.3 Å². The number of benzene rings is 1. The second kappa shape index (κ2) is 4.71. The number of pyridine rings is 1. The quantitative estimate of drug-likeness (QED) is 0.731. The van der Waals surface area contributed by atoms with Gasteiger partial charge in [-0.05, 0) is 30.2 Å². The Hall–Kier alpha value is -1.96. The molecule has 0 N–H and O–H groups in total. The minimum atomic E-state index is 0.113. The molecule has 0 aliphatic carbocycles. The monoisotopic (exact) mass is 211 g/mol. The highest BCUT2D eigenvalue weighted by atomic mass is 16.1. The molecule has 2 aromatic rings. The fourth-order valence-corrected chi connectivity index (χ4v) is 1.61. The van der Waals surface area contributed by atoms with Crippen LogP contribution in [0, 0.1) is 6.92 Å². The minimum absolute atomic E-state index is 0.113. The van der Waals surface area contributed by atoms with E-state index in [4.69, 9.17) is 0 Å². The molecule has 0 atom stereocenters. The molecule has 0 saturated carbocycles. The summed E-state index contributed by atoms with van der Waals surface area (Å²) in [6.07, 6.45) is 3.73. The molecular formula is C14H13NO. The van der Waals surface area contributed by atoms with Crippen LogP contribution in [0.5, 0.6) is 0 Å². The smallest absolute Gasteiger partial charge is 0.168 e. The summed E-state index contributed by atoms with van der Waals surface area (Å²) in [5.41, 5.74) is 2.90. The van der Waals surface area contributed by atoms with Gasteiger partial charge in [0.05, 0.1) is 0 Å². The molecule has 0 aliphatic rings. The minimum Gasteiger partial charge on any atom is -0.294 e. The number of ketones is 1. The summed E-state index contributed by atoms with van der Waals surface area (Å²) in [4.78, 5) is 15.9. The van der Waals surface area contributed by atoms with Crippen LogP contribution in [0.2, 0.25) is 0 Å². The maximum Gasteiger partial charge on any atom is 0.168 e. The van der Waals surface area contributed by atoms with Gasteiger partial charge in [-0.3, -0.25) is 9.78 Å². The van der Waals surface area contributed by atoms with Gasteiger partial charge in [0, 0.05) is 24.4 Å². The standard InChI is InChI=1S/C14H13NO/c1-11-5-2-3-6-12(11)9-14(16)13-7-4-8-15-10-13/h2-8,10H,9H2,1H3. The van der Waals surface area contributed by atoms with Crippen LogP contribution in [-0.2, 0) is 6.42 Å². The number of aryl methyl sites for hydroxylation is 1. The summed E-state index contributed by atoms with van der Waals surface area (Å²) in [6, 6.07) is 11.5. The highest BCUT2D eigenvalue weighted by Crippen LogP contribution is 2.10. The third kappa shape index (κ3) is 2.34. The Bertz CT molecular complexity index is 491. The van der Waals surface area contributed by atoms with Crippen LogP contribution in [-0.4, -0.2) is 10.8 Å². The van der Waals surface area contributed by atoms with Gasteiger partial charge in [0.15, 0.2) is 5.78 Å². The van der Waals surface area contributed by atoms with E-state index >= 15 is 0 Å². The van der Waals surface area contributed by atoms with Crippen molar-refractivity contribution in [2.45, 2.75) is 13.3 Å². The molecule has 0 amide bonds. The summed E-state index contributed by atoms with van der Waals surface area (Å²) in [7, 11) is 0. The lowest BCUT2D eigenvalue weighted by molar-refractivity contribution is 0.0992. The lowest BCUT2D eigenvalue weighted by Crippen LogP contribution is -2.04. The van der Waals surface area contributed by atoms with E-state index in [0.717, 1.165) is 11.1 Å². The number of nitrogens with zero attached hydrogens (tertiary/aromatic N) is 1. The van der Waals surface area contributed by atoms with Gasteiger partial charge in [-0.2, -0.15) is 0 Å². The molecule has 80 valence electrons. The van der Waals surface area contributed by atoms with Crippen LogP contribution < -0.4 is 0 Å². The number of aromatic nitrogens is 1. The van der Waals surface area contributed by atoms with Crippen molar-refractivity contribution < 1.29 is 4.79 Å². The van der Waals surface area contributed by atoms with Gasteiger partial charge in [-0.15, -0.1) is 0 Å².